The van der Waals surface area contributed by atoms with Crippen LogP contribution in [0.4, 0.5) is 4.39 Å². The average Bonchev–Trinajstić information content (AvgIpc) is 2.10. The Hall–Kier alpha value is -1.27. The summed E-state index contributed by atoms with van der Waals surface area (Å²) in [7, 11) is -0.721. The van der Waals surface area contributed by atoms with Crippen LogP contribution in [-0.2, 0) is 0 Å². The van der Waals surface area contributed by atoms with Crippen LogP contribution in [-0.4, -0.2) is 24.5 Å². The van der Waals surface area contributed by atoms with E-state index in [2.05, 4.69) is 4.65 Å². The van der Waals surface area contributed by atoms with Crippen molar-refractivity contribution in [3.05, 3.63) is 23.5 Å². The van der Waals surface area contributed by atoms with Gasteiger partial charge in [-0.2, -0.15) is 4.39 Å². The third-order valence-electron chi connectivity index (χ3n) is 1.70. The molecule has 0 spiro atoms. The summed E-state index contributed by atoms with van der Waals surface area (Å²) in [6.45, 7) is 1.67. The molecule has 0 heterocycles. The minimum absolute atomic E-state index is 0.0307. The van der Waals surface area contributed by atoms with E-state index >= 15 is 0 Å². The highest BCUT2D eigenvalue weighted by molar-refractivity contribution is 6.33. The van der Waals surface area contributed by atoms with Gasteiger partial charge in [0.15, 0.2) is 5.75 Å². The highest BCUT2D eigenvalue weighted by Gasteiger charge is 2.18. The molecule has 0 saturated carbocycles. The van der Waals surface area contributed by atoms with Crippen molar-refractivity contribution >= 4 is 7.32 Å². The first kappa shape index (κ1) is 10.8. The maximum absolute atomic E-state index is 13.4. The lowest BCUT2D eigenvalue weighted by molar-refractivity contribution is 0.278. The van der Waals surface area contributed by atoms with E-state index in [4.69, 9.17) is 14.8 Å². The third kappa shape index (κ3) is 2.15. The van der Waals surface area contributed by atoms with E-state index < -0.39 is 13.1 Å². The van der Waals surface area contributed by atoms with E-state index in [1.165, 1.54) is 13.2 Å². The van der Waals surface area contributed by atoms with Crippen molar-refractivity contribution in [1.82, 2.24) is 0 Å². The van der Waals surface area contributed by atoms with Gasteiger partial charge in [0.25, 0.3) is 0 Å². The Morgan fingerprint density at radius 3 is 2.50 bits per heavy atom. The molecule has 0 aromatic heterocycles. The molecule has 1 aromatic rings. The highest BCUT2D eigenvalue weighted by atomic mass is 19.1. The SMILES string of the molecule is COc1c(C)ccc(OB(O)O)c1F. The topological polar surface area (TPSA) is 58.9 Å². The van der Waals surface area contributed by atoms with Crippen LogP contribution in [0.5, 0.6) is 11.5 Å². The summed E-state index contributed by atoms with van der Waals surface area (Å²) < 4.78 is 22.6. The van der Waals surface area contributed by atoms with Crippen molar-refractivity contribution < 1.29 is 23.8 Å². The normalized spacial score (nSPS) is 9.79. The molecule has 0 radical (unpaired) electrons. The molecule has 0 amide bonds. The number of methoxy groups -OCH3 is 1. The Balaban J connectivity index is 3.08. The summed E-state index contributed by atoms with van der Waals surface area (Å²) in [4.78, 5) is 0. The molecule has 76 valence electrons. The molecule has 0 aliphatic rings. The molecular formula is C8H10BFO4. The first-order chi connectivity index (χ1) is 6.56. The molecule has 0 aliphatic carbocycles. The van der Waals surface area contributed by atoms with Crippen LogP contribution in [0.2, 0.25) is 0 Å². The molecular weight excluding hydrogens is 190 g/mol. The summed E-state index contributed by atoms with van der Waals surface area (Å²) in [5, 5.41) is 17.0. The molecule has 6 heteroatoms. The van der Waals surface area contributed by atoms with Crippen molar-refractivity contribution in [3.63, 3.8) is 0 Å². The van der Waals surface area contributed by atoms with Gasteiger partial charge in [0.1, 0.15) is 5.75 Å². The van der Waals surface area contributed by atoms with Crippen molar-refractivity contribution in [1.29, 1.82) is 0 Å². The number of hydrogen-bond acceptors (Lipinski definition) is 4. The molecule has 0 saturated heterocycles. The van der Waals surface area contributed by atoms with Crippen LogP contribution in [0.15, 0.2) is 12.1 Å². The first-order valence-corrected chi connectivity index (χ1v) is 3.92. The van der Waals surface area contributed by atoms with Gasteiger partial charge in [-0.3, -0.25) is 0 Å². The fourth-order valence-electron chi connectivity index (χ4n) is 1.09. The third-order valence-corrected chi connectivity index (χ3v) is 1.70. The molecule has 0 atom stereocenters. The molecule has 14 heavy (non-hydrogen) atoms. The van der Waals surface area contributed by atoms with Gasteiger partial charge in [-0.1, -0.05) is 6.07 Å². The summed E-state index contributed by atoms with van der Waals surface area (Å²) >= 11 is 0. The Bertz CT molecular complexity index is 329. The number of aryl methyl sites for hydroxylation is 1. The fraction of sp³-hybridized carbons (Fsp3) is 0.250. The van der Waals surface area contributed by atoms with E-state index in [9.17, 15) is 4.39 Å². The summed E-state index contributed by atoms with van der Waals surface area (Å²) in [5.74, 6) is -0.980. The van der Waals surface area contributed by atoms with E-state index in [1.807, 2.05) is 0 Å². The second-order valence-electron chi connectivity index (χ2n) is 2.67. The quantitative estimate of drug-likeness (QED) is 0.697. The molecule has 0 bridgehead atoms. The Morgan fingerprint density at radius 2 is 2.00 bits per heavy atom. The number of hydrogen-bond donors (Lipinski definition) is 2. The molecule has 0 unspecified atom stereocenters. The van der Waals surface area contributed by atoms with Crippen LogP contribution in [0.1, 0.15) is 5.56 Å². The Labute approximate surface area is 81.1 Å². The van der Waals surface area contributed by atoms with E-state index in [0.717, 1.165) is 0 Å². The van der Waals surface area contributed by atoms with Crippen molar-refractivity contribution in [3.8, 4) is 11.5 Å². The lowest BCUT2D eigenvalue weighted by Gasteiger charge is -2.10. The second kappa shape index (κ2) is 4.30. The predicted octanol–water partition coefficient (Wildman–Crippen LogP) is 0.491. The van der Waals surface area contributed by atoms with Gasteiger partial charge < -0.3 is 19.4 Å². The number of ether oxygens (including phenoxy) is 1. The molecule has 4 nitrogen and oxygen atoms in total. The number of halogens is 1. The summed E-state index contributed by atoms with van der Waals surface area (Å²) in [6, 6.07) is 2.85. The molecule has 0 aliphatic heterocycles. The molecule has 1 rings (SSSR count). The standard InChI is InChI=1S/C8H10BFO4/c1-5-3-4-6(14-9(11)12)7(10)8(5)13-2/h3-4,11-12H,1-2H3. The number of rotatable bonds is 3. The molecule has 1 aromatic carbocycles. The smallest absolute Gasteiger partial charge is 0.509 e. The highest BCUT2D eigenvalue weighted by Crippen LogP contribution is 2.29. The largest absolute Gasteiger partial charge is 0.707 e. The molecule has 2 N–H and O–H groups in total. The lowest BCUT2D eigenvalue weighted by Crippen LogP contribution is -2.21. The van der Waals surface area contributed by atoms with Gasteiger partial charge in [0.05, 0.1) is 7.11 Å². The van der Waals surface area contributed by atoms with E-state index in [-0.39, 0.29) is 11.5 Å². The maximum Gasteiger partial charge on any atom is 0.707 e. The van der Waals surface area contributed by atoms with E-state index in [0.29, 0.717) is 5.56 Å². The number of benzene rings is 1. The van der Waals surface area contributed by atoms with Gasteiger partial charge >= 0.3 is 7.32 Å². The van der Waals surface area contributed by atoms with Crippen LogP contribution >= 0.6 is 0 Å². The fourth-order valence-corrected chi connectivity index (χ4v) is 1.09. The van der Waals surface area contributed by atoms with Crippen LogP contribution in [0, 0.1) is 12.7 Å². The molecule has 0 fully saturated rings. The Morgan fingerprint density at radius 1 is 1.36 bits per heavy atom. The van der Waals surface area contributed by atoms with E-state index in [1.54, 1.807) is 13.0 Å². The van der Waals surface area contributed by atoms with Crippen molar-refractivity contribution in [2.75, 3.05) is 7.11 Å². The van der Waals surface area contributed by atoms with Gasteiger partial charge in [-0.15, -0.1) is 0 Å². The monoisotopic (exact) mass is 200 g/mol. The Kier molecular flexibility index (Phi) is 3.32. The summed E-state index contributed by atoms with van der Waals surface area (Å²) in [5.41, 5.74) is 0.602. The zero-order valence-electron chi connectivity index (χ0n) is 7.82. The van der Waals surface area contributed by atoms with Crippen LogP contribution in [0.25, 0.3) is 0 Å². The first-order valence-electron chi connectivity index (χ1n) is 3.92. The van der Waals surface area contributed by atoms with Crippen molar-refractivity contribution in [2.24, 2.45) is 0 Å². The second-order valence-corrected chi connectivity index (χ2v) is 2.67. The van der Waals surface area contributed by atoms with Gasteiger partial charge in [0.2, 0.25) is 5.82 Å². The zero-order chi connectivity index (χ0) is 10.7. The van der Waals surface area contributed by atoms with Gasteiger partial charge in [-0.05, 0) is 18.6 Å². The zero-order valence-corrected chi connectivity index (χ0v) is 7.82. The van der Waals surface area contributed by atoms with Crippen molar-refractivity contribution in [2.45, 2.75) is 6.92 Å². The van der Waals surface area contributed by atoms with Gasteiger partial charge in [0, 0.05) is 0 Å². The summed E-state index contributed by atoms with van der Waals surface area (Å²) in [6.07, 6.45) is 0. The van der Waals surface area contributed by atoms with Crippen LogP contribution < -0.4 is 9.39 Å². The minimum atomic E-state index is -2.04. The maximum atomic E-state index is 13.4. The lowest BCUT2D eigenvalue weighted by atomic mass is 10.2. The van der Waals surface area contributed by atoms with Gasteiger partial charge in [-0.25, -0.2) is 0 Å². The average molecular weight is 200 g/mol. The predicted molar refractivity (Wildman–Crippen MR) is 48.5 cm³/mol. The van der Waals surface area contributed by atoms with Crippen LogP contribution in [0.3, 0.4) is 0 Å². The minimum Gasteiger partial charge on any atom is -0.509 e.